The Labute approximate surface area is 71.6 Å². The van der Waals surface area contributed by atoms with E-state index < -0.39 is 0 Å². The highest BCUT2D eigenvalue weighted by atomic mass is 35.5. The van der Waals surface area contributed by atoms with Crippen LogP contribution in [0.4, 0.5) is 5.69 Å². The molecule has 0 saturated heterocycles. The zero-order valence-electron chi connectivity index (χ0n) is 6.47. The van der Waals surface area contributed by atoms with Crippen molar-refractivity contribution in [1.82, 2.24) is 4.98 Å². The molecule has 1 aromatic rings. The standard InChI is InChI=1S/C8H11ClN2/c1-2-4-11-8-3-5-10-6-7(8)9/h3,5-6H,2,4H2,1H3,(H,10,11). The predicted molar refractivity (Wildman–Crippen MR) is 48.0 cm³/mol. The number of hydrogen-bond acceptors (Lipinski definition) is 2. The van der Waals surface area contributed by atoms with E-state index in [1.807, 2.05) is 6.07 Å². The average molecular weight is 171 g/mol. The molecule has 1 N–H and O–H groups in total. The van der Waals surface area contributed by atoms with E-state index in [0.29, 0.717) is 5.02 Å². The van der Waals surface area contributed by atoms with Gasteiger partial charge in [0, 0.05) is 18.9 Å². The summed E-state index contributed by atoms with van der Waals surface area (Å²) >= 11 is 5.83. The Bertz CT molecular complexity index is 225. The highest BCUT2D eigenvalue weighted by Crippen LogP contribution is 2.18. The Kier molecular flexibility index (Phi) is 3.17. The molecule has 0 aliphatic heterocycles. The zero-order chi connectivity index (χ0) is 8.10. The van der Waals surface area contributed by atoms with Crippen LogP contribution < -0.4 is 5.32 Å². The molecule has 60 valence electrons. The molecule has 0 atom stereocenters. The second-order valence-corrected chi connectivity index (χ2v) is 2.69. The monoisotopic (exact) mass is 170 g/mol. The smallest absolute Gasteiger partial charge is 0.0820 e. The van der Waals surface area contributed by atoms with Gasteiger partial charge in [-0.3, -0.25) is 4.98 Å². The maximum atomic E-state index is 5.83. The van der Waals surface area contributed by atoms with E-state index in [1.165, 1.54) is 0 Å². The van der Waals surface area contributed by atoms with Crippen LogP contribution in [0.3, 0.4) is 0 Å². The zero-order valence-corrected chi connectivity index (χ0v) is 7.23. The van der Waals surface area contributed by atoms with Crippen molar-refractivity contribution in [3.05, 3.63) is 23.5 Å². The highest BCUT2D eigenvalue weighted by Gasteiger charge is 1.95. The molecule has 0 unspecified atom stereocenters. The lowest BCUT2D eigenvalue weighted by Crippen LogP contribution is -1.99. The summed E-state index contributed by atoms with van der Waals surface area (Å²) in [7, 11) is 0. The highest BCUT2D eigenvalue weighted by molar-refractivity contribution is 6.33. The van der Waals surface area contributed by atoms with Crippen LogP contribution >= 0.6 is 11.6 Å². The molecule has 1 heterocycles. The summed E-state index contributed by atoms with van der Waals surface area (Å²) in [5.74, 6) is 0. The van der Waals surface area contributed by atoms with Crippen molar-refractivity contribution >= 4 is 17.3 Å². The number of hydrogen-bond donors (Lipinski definition) is 1. The van der Waals surface area contributed by atoms with Gasteiger partial charge in [0.15, 0.2) is 0 Å². The van der Waals surface area contributed by atoms with Crippen molar-refractivity contribution in [1.29, 1.82) is 0 Å². The summed E-state index contributed by atoms with van der Waals surface area (Å²) in [6.45, 7) is 3.06. The summed E-state index contributed by atoms with van der Waals surface area (Å²) in [6.07, 6.45) is 4.46. The number of anilines is 1. The first-order chi connectivity index (χ1) is 5.34. The third-order valence-electron chi connectivity index (χ3n) is 1.34. The van der Waals surface area contributed by atoms with Crippen LogP contribution in [0.15, 0.2) is 18.5 Å². The van der Waals surface area contributed by atoms with E-state index in [0.717, 1.165) is 18.7 Å². The van der Waals surface area contributed by atoms with Crippen LogP contribution in [0, 0.1) is 0 Å². The van der Waals surface area contributed by atoms with Gasteiger partial charge in [-0.05, 0) is 12.5 Å². The minimum absolute atomic E-state index is 0.681. The normalized spacial score (nSPS) is 9.64. The molecule has 1 rings (SSSR count). The SMILES string of the molecule is CCCNc1ccncc1Cl. The fourth-order valence-electron chi connectivity index (χ4n) is 0.778. The first-order valence-corrected chi connectivity index (χ1v) is 4.05. The molecule has 0 aliphatic rings. The van der Waals surface area contributed by atoms with Gasteiger partial charge in [0.25, 0.3) is 0 Å². The Morgan fingerprint density at radius 1 is 1.64 bits per heavy atom. The van der Waals surface area contributed by atoms with Crippen LogP contribution in [-0.4, -0.2) is 11.5 Å². The molecular weight excluding hydrogens is 160 g/mol. The Balaban J connectivity index is 2.62. The maximum Gasteiger partial charge on any atom is 0.0820 e. The number of halogens is 1. The van der Waals surface area contributed by atoms with E-state index in [1.54, 1.807) is 12.4 Å². The Hall–Kier alpha value is -0.760. The van der Waals surface area contributed by atoms with E-state index in [9.17, 15) is 0 Å². The van der Waals surface area contributed by atoms with Crippen molar-refractivity contribution in [2.45, 2.75) is 13.3 Å². The van der Waals surface area contributed by atoms with Crippen molar-refractivity contribution in [3.8, 4) is 0 Å². The number of nitrogens with zero attached hydrogens (tertiary/aromatic N) is 1. The number of nitrogens with one attached hydrogen (secondary N) is 1. The third-order valence-corrected chi connectivity index (χ3v) is 1.64. The Morgan fingerprint density at radius 2 is 2.45 bits per heavy atom. The van der Waals surface area contributed by atoms with Crippen molar-refractivity contribution < 1.29 is 0 Å². The summed E-state index contributed by atoms with van der Waals surface area (Å²) in [4.78, 5) is 3.88. The summed E-state index contributed by atoms with van der Waals surface area (Å²) in [5, 5.41) is 3.87. The van der Waals surface area contributed by atoms with E-state index >= 15 is 0 Å². The first kappa shape index (κ1) is 8.34. The van der Waals surface area contributed by atoms with Crippen LogP contribution in [0.5, 0.6) is 0 Å². The topological polar surface area (TPSA) is 24.9 Å². The summed E-state index contributed by atoms with van der Waals surface area (Å²) in [6, 6.07) is 1.87. The largest absolute Gasteiger partial charge is 0.384 e. The van der Waals surface area contributed by atoms with Gasteiger partial charge in [-0.1, -0.05) is 18.5 Å². The van der Waals surface area contributed by atoms with E-state index in [4.69, 9.17) is 11.6 Å². The molecule has 0 aliphatic carbocycles. The molecule has 0 radical (unpaired) electrons. The van der Waals surface area contributed by atoms with Gasteiger partial charge >= 0.3 is 0 Å². The van der Waals surface area contributed by atoms with Gasteiger partial charge in [0.2, 0.25) is 0 Å². The van der Waals surface area contributed by atoms with E-state index in [-0.39, 0.29) is 0 Å². The second kappa shape index (κ2) is 4.19. The Morgan fingerprint density at radius 3 is 3.09 bits per heavy atom. The van der Waals surface area contributed by atoms with Crippen molar-refractivity contribution in [2.24, 2.45) is 0 Å². The molecule has 0 aromatic carbocycles. The van der Waals surface area contributed by atoms with Gasteiger partial charge in [-0.25, -0.2) is 0 Å². The molecule has 11 heavy (non-hydrogen) atoms. The average Bonchev–Trinajstić information content (AvgIpc) is 2.03. The maximum absolute atomic E-state index is 5.83. The van der Waals surface area contributed by atoms with Crippen LogP contribution in [0.1, 0.15) is 13.3 Å². The quantitative estimate of drug-likeness (QED) is 0.754. The van der Waals surface area contributed by atoms with Crippen molar-refractivity contribution in [2.75, 3.05) is 11.9 Å². The molecule has 1 aromatic heterocycles. The van der Waals surface area contributed by atoms with Crippen LogP contribution in [0.2, 0.25) is 5.02 Å². The predicted octanol–water partition coefficient (Wildman–Crippen LogP) is 2.56. The van der Waals surface area contributed by atoms with Crippen LogP contribution in [0.25, 0.3) is 0 Å². The number of aromatic nitrogens is 1. The molecule has 0 spiro atoms. The minimum Gasteiger partial charge on any atom is -0.384 e. The molecule has 3 heteroatoms. The second-order valence-electron chi connectivity index (χ2n) is 2.28. The van der Waals surface area contributed by atoms with E-state index in [2.05, 4.69) is 17.2 Å². The molecular formula is C8H11ClN2. The number of rotatable bonds is 3. The molecule has 0 saturated carbocycles. The van der Waals surface area contributed by atoms with Gasteiger partial charge in [-0.2, -0.15) is 0 Å². The van der Waals surface area contributed by atoms with Crippen molar-refractivity contribution in [3.63, 3.8) is 0 Å². The fourth-order valence-corrected chi connectivity index (χ4v) is 0.964. The fraction of sp³-hybridized carbons (Fsp3) is 0.375. The minimum atomic E-state index is 0.681. The lowest BCUT2D eigenvalue weighted by Gasteiger charge is -2.04. The lowest BCUT2D eigenvalue weighted by molar-refractivity contribution is 0.979. The first-order valence-electron chi connectivity index (χ1n) is 3.68. The molecule has 2 nitrogen and oxygen atoms in total. The summed E-state index contributed by atoms with van der Waals surface area (Å²) < 4.78 is 0. The summed E-state index contributed by atoms with van der Waals surface area (Å²) in [5.41, 5.74) is 0.962. The molecule has 0 fully saturated rings. The third kappa shape index (κ3) is 2.39. The molecule has 0 amide bonds. The van der Waals surface area contributed by atoms with Gasteiger partial charge in [0.1, 0.15) is 0 Å². The van der Waals surface area contributed by atoms with Crippen LogP contribution in [-0.2, 0) is 0 Å². The lowest BCUT2D eigenvalue weighted by atomic mass is 10.4. The molecule has 0 bridgehead atoms. The number of pyridine rings is 1. The van der Waals surface area contributed by atoms with Gasteiger partial charge < -0.3 is 5.32 Å². The van der Waals surface area contributed by atoms with Gasteiger partial charge in [-0.15, -0.1) is 0 Å². The van der Waals surface area contributed by atoms with Gasteiger partial charge in [0.05, 0.1) is 10.7 Å².